The van der Waals surface area contributed by atoms with Crippen LogP contribution in [0.1, 0.15) is 23.3 Å². The summed E-state index contributed by atoms with van der Waals surface area (Å²) < 4.78 is 10.5. The second kappa shape index (κ2) is 4.97. The molecule has 5 heteroatoms. The Labute approximate surface area is 99.1 Å². The first-order valence-corrected chi connectivity index (χ1v) is 5.29. The molecule has 1 N–H and O–H groups in total. The number of ether oxygens (including phenoxy) is 1. The number of benzene rings is 1. The Balaban J connectivity index is 2.34. The number of aliphatic hydroxyl groups excluding tert-OH is 1. The van der Waals surface area contributed by atoms with E-state index in [1.54, 1.807) is 14.0 Å². The minimum absolute atomic E-state index is 0.0885. The minimum atomic E-state index is -0.314. The van der Waals surface area contributed by atoms with Crippen molar-refractivity contribution in [3.05, 3.63) is 41.6 Å². The van der Waals surface area contributed by atoms with Crippen molar-refractivity contribution in [2.24, 2.45) is 0 Å². The number of hydrogen-bond acceptors (Lipinski definition) is 5. The highest BCUT2D eigenvalue weighted by atomic mass is 16.5. The highest BCUT2D eigenvalue weighted by molar-refractivity contribution is 5.33. The number of rotatable bonds is 4. The molecule has 0 spiro atoms. The van der Waals surface area contributed by atoms with Crippen LogP contribution >= 0.6 is 0 Å². The first-order valence-electron chi connectivity index (χ1n) is 5.29. The van der Waals surface area contributed by atoms with Gasteiger partial charge < -0.3 is 14.3 Å². The molecule has 1 aromatic carbocycles. The molecule has 2 rings (SSSR count). The lowest BCUT2D eigenvalue weighted by atomic mass is 10.00. The molecular weight excluding hydrogens is 220 g/mol. The molecule has 1 atom stereocenters. The normalized spacial score (nSPS) is 12.4. The second-order valence-electron chi connectivity index (χ2n) is 3.67. The van der Waals surface area contributed by atoms with E-state index in [0.29, 0.717) is 11.8 Å². The number of nitrogens with zero attached hydrogens (tertiary/aromatic N) is 2. The summed E-state index contributed by atoms with van der Waals surface area (Å²) in [5.74, 6) is 1.32. The van der Waals surface area contributed by atoms with Crippen molar-refractivity contribution in [2.75, 3.05) is 13.7 Å². The molecule has 0 aliphatic heterocycles. The molecule has 90 valence electrons. The average Bonchev–Trinajstić information content (AvgIpc) is 2.77. The van der Waals surface area contributed by atoms with E-state index in [2.05, 4.69) is 10.2 Å². The Kier molecular flexibility index (Phi) is 3.39. The van der Waals surface area contributed by atoms with Gasteiger partial charge in [-0.3, -0.25) is 0 Å². The van der Waals surface area contributed by atoms with E-state index in [9.17, 15) is 5.11 Å². The van der Waals surface area contributed by atoms with Gasteiger partial charge in [0, 0.05) is 6.92 Å². The molecule has 0 amide bonds. The highest BCUT2D eigenvalue weighted by Crippen LogP contribution is 2.25. The van der Waals surface area contributed by atoms with Gasteiger partial charge in [0.05, 0.1) is 19.6 Å². The second-order valence-corrected chi connectivity index (χ2v) is 3.67. The van der Waals surface area contributed by atoms with Gasteiger partial charge in [-0.15, -0.1) is 10.2 Å². The SMILES string of the molecule is COc1cccc(C(CO)c2nnc(C)o2)c1. The zero-order chi connectivity index (χ0) is 12.3. The Morgan fingerprint density at radius 3 is 2.82 bits per heavy atom. The van der Waals surface area contributed by atoms with E-state index < -0.39 is 0 Å². The zero-order valence-electron chi connectivity index (χ0n) is 9.75. The maximum atomic E-state index is 9.44. The largest absolute Gasteiger partial charge is 0.497 e. The molecule has 17 heavy (non-hydrogen) atoms. The topological polar surface area (TPSA) is 68.4 Å². The van der Waals surface area contributed by atoms with Crippen molar-refractivity contribution >= 4 is 0 Å². The fourth-order valence-corrected chi connectivity index (χ4v) is 1.64. The number of aryl methyl sites for hydroxylation is 1. The monoisotopic (exact) mass is 234 g/mol. The van der Waals surface area contributed by atoms with Crippen molar-refractivity contribution in [3.8, 4) is 5.75 Å². The quantitative estimate of drug-likeness (QED) is 0.868. The molecule has 0 saturated heterocycles. The molecule has 1 heterocycles. The molecule has 0 radical (unpaired) electrons. The van der Waals surface area contributed by atoms with Crippen LogP contribution < -0.4 is 4.74 Å². The van der Waals surface area contributed by atoms with Crippen molar-refractivity contribution < 1.29 is 14.3 Å². The number of aliphatic hydroxyl groups is 1. The maximum absolute atomic E-state index is 9.44. The molecule has 0 fully saturated rings. The van der Waals surface area contributed by atoms with Gasteiger partial charge in [0.15, 0.2) is 0 Å². The van der Waals surface area contributed by atoms with Crippen LogP contribution in [-0.4, -0.2) is 29.0 Å². The van der Waals surface area contributed by atoms with Gasteiger partial charge in [-0.05, 0) is 17.7 Å². The number of aromatic nitrogens is 2. The summed E-state index contributed by atoms with van der Waals surface area (Å²) in [7, 11) is 1.60. The van der Waals surface area contributed by atoms with E-state index in [4.69, 9.17) is 9.15 Å². The Morgan fingerprint density at radius 1 is 1.41 bits per heavy atom. The van der Waals surface area contributed by atoms with E-state index in [0.717, 1.165) is 11.3 Å². The van der Waals surface area contributed by atoms with Gasteiger partial charge >= 0.3 is 0 Å². The molecule has 0 saturated carbocycles. The summed E-state index contributed by atoms with van der Waals surface area (Å²) in [5.41, 5.74) is 0.885. The van der Waals surface area contributed by atoms with Crippen LogP contribution in [0.5, 0.6) is 5.75 Å². The standard InChI is InChI=1S/C12H14N2O3/c1-8-13-14-12(17-8)11(7-15)9-4-3-5-10(6-9)16-2/h3-6,11,15H,7H2,1-2H3. The lowest BCUT2D eigenvalue weighted by Gasteiger charge is -2.11. The van der Waals surface area contributed by atoms with Crippen LogP contribution in [0.3, 0.4) is 0 Å². The molecule has 2 aromatic rings. The van der Waals surface area contributed by atoms with Crippen LogP contribution in [-0.2, 0) is 0 Å². The fourth-order valence-electron chi connectivity index (χ4n) is 1.64. The average molecular weight is 234 g/mol. The third kappa shape index (κ3) is 2.45. The predicted molar refractivity (Wildman–Crippen MR) is 61.0 cm³/mol. The smallest absolute Gasteiger partial charge is 0.226 e. The number of methoxy groups -OCH3 is 1. The lowest BCUT2D eigenvalue weighted by molar-refractivity contribution is 0.261. The molecular formula is C12H14N2O3. The summed E-state index contributed by atoms with van der Waals surface area (Å²) in [4.78, 5) is 0. The summed E-state index contributed by atoms with van der Waals surface area (Å²) in [6.45, 7) is 1.63. The maximum Gasteiger partial charge on any atom is 0.226 e. The summed E-state index contributed by atoms with van der Waals surface area (Å²) >= 11 is 0. The first-order chi connectivity index (χ1) is 8.24. The van der Waals surface area contributed by atoms with Gasteiger partial charge in [0.25, 0.3) is 0 Å². The van der Waals surface area contributed by atoms with Gasteiger partial charge in [-0.1, -0.05) is 12.1 Å². The fraction of sp³-hybridized carbons (Fsp3) is 0.333. The van der Waals surface area contributed by atoms with Gasteiger partial charge in [-0.25, -0.2) is 0 Å². The molecule has 1 aromatic heterocycles. The van der Waals surface area contributed by atoms with Gasteiger partial charge in [0.1, 0.15) is 5.75 Å². The van der Waals surface area contributed by atoms with E-state index in [1.165, 1.54) is 0 Å². The third-order valence-corrected chi connectivity index (χ3v) is 2.52. The first kappa shape index (κ1) is 11.6. The van der Waals surface area contributed by atoms with Crippen LogP contribution in [0.15, 0.2) is 28.7 Å². The Hall–Kier alpha value is -1.88. The van der Waals surface area contributed by atoms with Gasteiger partial charge in [0.2, 0.25) is 11.8 Å². The summed E-state index contributed by atoms with van der Waals surface area (Å²) in [6.07, 6.45) is 0. The van der Waals surface area contributed by atoms with E-state index in [-0.39, 0.29) is 12.5 Å². The highest BCUT2D eigenvalue weighted by Gasteiger charge is 2.19. The van der Waals surface area contributed by atoms with Crippen LogP contribution in [0.4, 0.5) is 0 Å². The molecule has 5 nitrogen and oxygen atoms in total. The Morgan fingerprint density at radius 2 is 2.24 bits per heavy atom. The van der Waals surface area contributed by atoms with Crippen LogP contribution in [0.25, 0.3) is 0 Å². The van der Waals surface area contributed by atoms with Crippen molar-refractivity contribution in [1.29, 1.82) is 0 Å². The van der Waals surface area contributed by atoms with Crippen LogP contribution in [0, 0.1) is 6.92 Å². The summed E-state index contributed by atoms with van der Waals surface area (Å²) in [6, 6.07) is 7.44. The number of hydrogen-bond donors (Lipinski definition) is 1. The van der Waals surface area contributed by atoms with E-state index >= 15 is 0 Å². The predicted octanol–water partition coefficient (Wildman–Crippen LogP) is 1.51. The molecule has 0 aliphatic carbocycles. The van der Waals surface area contributed by atoms with Gasteiger partial charge in [-0.2, -0.15) is 0 Å². The van der Waals surface area contributed by atoms with Crippen molar-refractivity contribution in [1.82, 2.24) is 10.2 Å². The Bertz CT molecular complexity index is 496. The van der Waals surface area contributed by atoms with E-state index in [1.807, 2.05) is 24.3 Å². The van der Waals surface area contributed by atoms with Crippen molar-refractivity contribution in [2.45, 2.75) is 12.8 Å². The molecule has 1 unspecified atom stereocenters. The minimum Gasteiger partial charge on any atom is -0.497 e. The third-order valence-electron chi connectivity index (χ3n) is 2.52. The molecule has 0 aliphatic rings. The molecule has 0 bridgehead atoms. The lowest BCUT2D eigenvalue weighted by Crippen LogP contribution is -2.06. The zero-order valence-corrected chi connectivity index (χ0v) is 9.75. The summed E-state index contributed by atoms with van der Waals surface area (Å²) in [5, 5.41) is 17.1. The van der Waals surface area contributed by atoms with Crippen molar-refractivity contribution in [3.63, 3.8) is 0 Å². The van der Waals surface area contributed by atoms with Crippen LogP contribution in [0.2, 0.25) is 0 Å².